The molecule has 0 aliphatic heterocycles. The average Bonchev–Trinajstić information content (AvgIpc) is 2.67. The lowest BCUT2D eigenvalue weighted by molar-refractivity contribution is 0.112. The summed E-state index contributed by atoms with van der Waals surface area (Å²) in [5.74, 6) is 0. The van der Waals surface area contributed by atoms with Crippen molar-refractivity contribution in [1.82, 2.24) is 4.98 Å². The van der Waals surface area contributed by atoms with Crippen molar-refractivity contribution in [1.29, 1.82) is 0 Å². The maximum absolute atomic E-state index is 10.6. The Hall–Kier alpha value is -1.48. The van der Waals surface area contributed by atoms with Gasteiger partial charge >= 0.3 is 0 Å². The lowest BCUT2D eigenvalue weighted by Crippen LogP contribution is -1.81. The largest absolute Gasteiger partial charge is 0.297 e. The van der Waals surface area contributed by atoms with Crippen molar-refractivity contribution in [3.63, 3.8) is 0 Å². The van der Waals surface area contributed by atoms with Crippen LogP contribution in [-0.2, 0) is 0 Å². The molecule has 0 saturated carbocycles. The number of thiazole rings is 1. The predicted octanol–water partition coefficient (Wildman–Crippen LogP) is 2.62. The van der Waals surface area contributed by atoms with Crippen molar-refractivity contribution in [2.75, 3.05) is 0 Å². The van der Waals surface area contributed by atoms with E-state index in [2.05, 4.69) is 4.98 Å². The minimum Gasteiger partial charge on any atom is -0.297 e. The Kier molecular flexibility index (Phi) is 2.19. The van der Waals surface area contributed by atoms with Gasteiger partial charge in [-0.15, -0.1) is 11.3 Å². The van der Waals surface area contributed by atoms with Crippen molar-refractivity contribution < 1.29 is 4.79 Å². The van der Waals surface area contributed by atoms with Gasteiger partial charge in [-0.05, 0) is 0 Å². The van der Waals surface area contributed by atoms with Gasteiger partial charge in [0.15, 0.2) is 6.29 Å². The van der Waals surface area contributed by atoms with Crippen LogP contribution in [0.25, 0.3) is 11.3 Å². The predicted molar refractivity (Wildman–Crippen MR) is 52.9 cm³/mol. The summed E-state index contributed by atoms with van der Waals surface area (Å²) in [6, 6.07) is 9.70. The summed E-state index contributed by atoms with van der Waals surface area (Å²) >= 11 is 1.37. The number of benzene rings is 1. The Bertz CT molecular complexity index is 408. The quantitative estimate of drug-likeness (QED) is 0.680. The van der Waals surface area contributed by atoms with Crippen molar-refractivity contribution in [3.05, 3.63) is 40.7 Å². The van der Waals surface area contributed by atoms with E-state index in [0.29, 0.717) is 4.88 Å². The molecule has 0 bridgehead atoms. The number of carbonyl (C=O) groups is 1. The van der Waals surface area contributed by atoms with Crippen molar-refractivity contribution in [3.8, 4) is 11.3 Å². The zero-order valence-corrected chi connectivity index (χ0v) is 7.62. The molecule has 0 aliphatic rings. The molecule has 2 rings (SSSR count). The maximum Gasteiger partial charge on any atom is 0.162 e. The first kappa shape index (κ1) is 8.13. The van der Waals surface area contributed by atoms with E-state index in [4.69, 9.17) is 0 Å². The van der Waals surface area contributed by atoms with Crippen molar-refractivity contribution in [2.45, 2.75) is 0 Å². The van der Waals surface area contributed by atoms with Gasteiger partial charge in [-0.2, -0.15) is 0 Å². The molecule has 64 valence electrons. The highest BCUT2D eigenvalue weighted by Gasteiger charge is 2.05. The number of rotatable bonds is 2. The lowest BCUT2D eigenvalue weighted by atomic mass is 10.1. The van der Waals surface area contributed by atoms with Crippen LogP contribution in [0.2, 0.25) is 0 Å². The summed E-state index contributed by atoms with van der Waals surface area (Å²) in [4.78, 5) is 15.5. The van der Waals surface area contributed by atoms with Gasteiger partial charge in [-0.3, -0.25) is 4.79 Å². The van der Waals surface area contributed by atoms with E-state index in [1.165, 1.54) is 11.3 Å². The standard InChI is InChI=1S/C10H7NOS/c12-6-9-10(11-7-13-9)8-4-2-1-3-5-8/h1-7H. The highest BCUT2D eigenvalue weighted by Crippen LogP contribution is 2.23. The van der Waals surface area contributed by atoms with Crippen LogP contribution in [0.3, 0.4) is 0 Å². The van der Waals surface area contributed by atoms with Crippen LogP contribution in [0.4, 0.5) is 0 Å². The second kappa shape index (κ2) is 3.49. The molecule has 0 N–H and O–H groups in total. The van der Waals surface area contributed by atoms with Crippen LogP contribution in [-0.4, -0.2) is 11.3 Å². The number of nitrogens with zero attached hydrogens (tertiary/aromatic N) is 1. The molecule has 1 aromatic carbocycles. The molecular formula is C10H7NOS. The van der Waals surface area contributed by atoms with E-state index in [-0.39, 0.29) is 0 Å². The molecule has 13 heavy (non-hydrogen) atoms. The molecular weight excluding hydrogens is 182 g/mol. The van der Waals surface area contributed by atoms with Crippen LogP contribution in [0.1, 0.15) is 9.67 Å². The van der Waals surface area contributed by atoms with Crippen LogP contribution < -0.4 is 0 Å². The number of hydrogen-bond donors (Lipinski definition) is 0. The Morgan fingerprint density at radius 3 is 2.69 bits per heavy atom. The van der Waals surface area contributed by atoms with Gasteiger partial charge in [0.2, 0.25) is 0 Å². The van der Waals surface area contributed by atoms with Crippen LogP contribution in [0.5, 0.6) is 0 Å². The number of hydrogen-bond acceptors (Lipinski definition) is 3. The molecule has 0 saturated heterocycles. The first-order valence-corrected chi connectivity index (χ1v) is 4.74. The summed E-state index contributed by atoms with van der Waals surface area (Å²) in [6.07, 6.45) is 0.847. The number of carbonyl (C=O) groups excluding carboxylic acids is 1. The second-order valence-electron chi connectivity index (χ2n) is 2.55. The van der Waals surface area contributed by atoms with Gasteiger partial charge in [0, 0.05) is 5.56 Å². The monoisotopic (exact) mass is 189 g/mol. The van der Waals surface area contributed by atoms with E-state index in [9.17, 15) is 4.79 Å². The summed E-state index contributed by atoms with van der Waals surface area (Å²) in [7, 11) is 0. The summed E-state index contributed by atoms with van der Waals surface area (Å²) in [6.45, 7) is 0. The first-order valence-electron chi connectivity index (χ1n) is 3.86. The van der Waals surface area contributed by atoms with Crippen molar-refractivity contribution in [2.24, 2.45) is 0 Å². The smallest absolute Gasteiger partial charge is 0.162 e. The highest BCUT2D eigenvalue weighted by molar-refractivity contribution is 7.11. The van der Waals surface area contributed by atoms with Gasteiger partial charge in [-0.25, -0.2) is 4.98 Å². The summed E-state index contributed by atoms with van der Waals surface area (Å²) in [5.41, 5.74) is 3.46. The molecule has 0 unspecified atom stereocenters. The molecule has 0 radical (unpaired) electrons. The SMILES string of the molecule is O=Cc1scnc1-c1ccccc1. The average molecular weight is 189 g/mol. The molecule has 3 heteroatoms. The fraction of sp³-hybridized carbons (Fsp3) is 0. The molecule has 0 fully saturated rings. The summed E-state index contributed by atoms with van der Waals surface area (Å²) < 4.78 is 0. The molecule has 0 aliphatic carbocycles. The normalized spacial score (nSPS) is 9.85. The molecule has 2 aromatic rings. The fourth-order valence-electron chi connectivity index (χ4n) is 1.15. The van der Waals surface area contributed by atoms with E-state index >= 15 is 0 Å². The minimum absolute atomic E-state index is 0.686. The van der Waals surface area contributed by atoms with E-state index in [0.717, 1.165) is 17.5 Å². The topological polar surface area (TPSA) is 30.0 Å². The Morgan fingerprint density at radius 1 is 1.23 bits per heavy atom. The van der Waals surface area contributed by atoms with Gasteiger partial charge in [-0.1, -0.05) is 30.3 Å². The molecule has 0 atom stereocenters. The van der Waals surface area contributed by atoms with Crippen LogP contribution in [0.15, 0.2) is 35.8 Å². The Labute approximate surface area is 79.9 Å². The Morgan fingerprint density at radius 2 is 2.00 bits per heavy atom. The van der Waals surface area contributed by atoms with Gasteiger partial charge in [0.25, 0.3) is 0 Å². The highest BCUT2D eigenvalue weighted by atomic mass is 32.1. The van der Waals surface area contributed by atoms with Gasteiger partial charge in [0.1, 0.15) is 0 Å². The molecule has 0 amide bonds. The zero-order valence-electron chi connectivity index (χ0n) is 6.81. The lowest BCUT2D eigenvalue weighted by Gasteiger charge is -1.95. The van der Waals surface area contributed by atoms with E-state index < -0.39 is 0 Å². The maximum atomic E-state index is 10.6. The fourth-order valence-corrected chi connectivity index (χ4v) is 1.76. The van der Waals surface area contributed by atoms with Gasteiger partial charge in [0.05, 0.1) is 16.1 Å². The van der Waals surface area contributed by atoms with Crippen LogP contribution in [0, 0.1) is 0 Å². The van der Waals surface area contributed by atoms with E-state index in [1.807, 2.05) is 30.3 Å². The molecule has 2 nitrogen and oxygen atoms in total. The Balaban J connectivity index is 2.52. The minimum atomic E-state index is 0.686. The third kappa shape index (κ3) is 1.51. The zero-order chi connectivity index (χ0) is 9.10. The number of aldehydes is 1. The first-order chi connectivity index (χ1) is 6.42. The molecule has 0 spiro atoms. The van der Waals surface area contributed by atoms with Crippen molar-refractivity contribution >= 4 is 17.6 Å². The third-order valence-corrected chi connectivity index (χ3v) is 2.50. The third-order valence-electron chi connectivity index (χ3n) is 1.75. The molecule has 1 heterocycles. The number of aromatic nitrogens is 1. The second-order valence-corrected chi connectivity index (χ2v) is 3.44. The molecule has 1 aromatic heterocycles. The van der Waals surface area contributed by atoms with Crippen LogP contribution >= 0.6 is 11.3 Å². The summed E-state index contributed by atoms with van der Waals surface area (Å²) in [5, 5.41) is 0. The van der Waals surface area contributed by atoms with Gasteiger partial charge < -0.3 is 0 Å². The van der Waals surface area contributed by atoms with E-state index in [1.54, 1.807) is 5.51 Å².